The Morgan fingerprint density at radius 3 is 2.83 bits per heavy atom. The summed E-state index contributed by atoms with van der Waals surface area (Å²) in [6.45, 7) is 5.47. The summed E-state index contributed by atoms with van der Waals surface area (Å²) >= 11 is 0. The molecule has 0 amide bonds. The Balaban J connectivity index is 1.84. The maximum absolute atomic E-state index is 6.50. The van der Waals surface area contributed by atoms with Crippen LogP contribution in [0.4, 0.5) is 0 Å². The minimum atomic E-state index is 0.282. The number of likely N-dealkylation sites (N-methyl/N-ethyl adjacent to an activating group) is 1. The fraction of sp³-hybridized carbons (Fsp3) is 0.684. The van der Waals surface area contributed by atoms with Gasteiger partial charge in [-0.3, -0.25) is 4.90 Å². The predicted octanol–water partition coefficient (Wildman–Crippen LogP) is 2.20. The summed E-state index contributed by atoms with van der Waals surface area (Å²) in [4.78, 5) is 4.89. The van der Waals surface area contributed by atoms with Gasteiger partial charge in [-0.25, -0.2) is 0 Å². The molecule has 1 saturated heterocycles. The van der Waals surface area contributed by atoms with Crippen LogP contribution < -0.4 is 4.74 Å². The second kappa shape index (κ2) is 7.20. The highest BCUT2D eigenvalue weighted by atomic mass is 16.5. The first-order valence-electron chi connectivity index (χ1n) is 8.81. The van der Waals surface area contributed by atoms with E-state index in [9.17, 15) is 0 Å². The van der Waals surface area contributed by atoms with Gasteiger partial charge in [-0.15, -0.1) is 0 Å². The van der Waals surface area contributed by atoms with Gasteiger partial charge >= 0.3 is 0 Å². The summed E-state index contributed by atoms with van der Waals surface area (Å²) in [5.74, 6) is 1.02. The Bertz CT molecular complexity index is 532. The summed E-state index contributed by atoms with van der Waals surface area (Å²) in [6, 6.07) is 6.95. The van der Waals surface area contributed by atoms with Crippen molar-refractivity contribution in [2.75, 3.05) is 40.8 Å². The highest BCUT2D eigenvalue weighted by Crippen LogP contribution is 2.35. The molecule has 4 heteroatoms. The number of fused-ring (bicyclic) bond motifs is 2. The van der Waals surface area contributed by atoms with E-state index in [1.165, 1.54) is 17.5 Å². The molecule has 3 atom stereocenters. The van der Waals surface area contributed by atoms with Crippen molar-refractivity contribution < 1.29 is 9.47 Å². The van der Waals surface area contributed by atoms with E-state index in [2.05, 4.69) is 49.0 Å². The van der Waals surface area contributed by atoms with Gasteiger partial charge in [0.2, 0.25) is 0 Å². The first-order valence-corrected chi connectivity index (χ1v) is 8.81. The second-order valence-electron chi connectivity index (χ2n) is 7.13. The van der Waals surface area contributed by atoms with E-state index in [0.29, 0.717) is 12.1 Å². The number of hydrogen-bond donors (Lipinski definition) is 0. The van der Waals surface area contributed by atoms with Crippen molar-refractivity contribution in [1.82, 2.24) is 9.80 Å². The second-order valence-corrected chi connectivity index (χ2v) is 7.13. The molecule has 0 spiro atoms. The van der Waals surface area contributed by atoms with Gasteiger partial charge in [0.25, 0.3) is 0 Å². The maximum atomic E-state index is 6.50. The Morgan fingerprint density at radius 2 is 2.13 bits per heavy atom. The Hall–Kier alpha value is -1.10. The van der Waals surface area contributed by atoms with Gasteiger partial charge in [0.15, 0.2) is 0 Å². The minimum Gasteiger partial charge on any atom is -0.496 e. The molecule has 1 aromatic rings. The van der Waals surface area contributed by atoms with Crippen LogP contribution in [0.2, 0.25) is 0 Å². The molecule has 0 unspecified atom stereocenters. The third-order valence-corrected chi connectivity index (χ3v) is 5.07. The van der Waals surface area contributed by atoms with E-state index in [1.54, 1.807) is 7.11 Å². The van der Waals surface area contributed by atoms with Crippen molar-refractivity contribution >= 4 is 0 Å². The zero-order valence-corrected chi connectivity index (χ0v) is 14.9. The molecular formula is C19H30N2O2. The highest BCUT2D eigenvalue weighted by Gasteiger charge is 2.40. The Labute approximate surface area is 140 Å². The van der Waals surface area contributed by atoms with Crippen LogP contribution in [0.3, 0.4) is 0 Å². The van der Waals surface area contributed by atoms with Gasteiger partial charge in [-0.05, 0) is 50.7 Å². The van der Waals surface area contributed by atoms with Crippen molar-refractivity contribution in [2.24, 2.45) is 0 Å². The van der Waals surface area contributed by atoms with Crippen LogP contribution in [0.25, 0.3) is 0 Å². The van der Waals surface area contributed by atoms with E-state index in [4.69, 9.17) is 9.47 Å². The number of rotatable bonds is 5. The molecule has 2 aliphatic rings. The van der Waals surface area contributed by atoms with Gasteiger partial charge in [0.1, 0.15) is 5.75 Å². The molecule has 4 nitrogen and oxygen atoms in total. The lowest BCUT2D eigenvalue weighted by Crippen LogP contribution is -2.59. The van der Waals surface area contributed by atoms with Gasteiger partial charge in [0, 0.05) is 25.6 Å². The summed E-state index contributed by atoms with van der Waals surface area (Å²) in [5, 5.41) is 0. The van der Waals surface area contributed by atoms with Gasteiger partial charge in [-0.1, -0.05) is 19.1 Å². The summed E-state index contributed by atoms with van der Waals surface area (Å²) in [5.41, 5.74) is 2.78. The maximum Gasteiger partial charge on any atom is 0.122 e. The smallest absolute Gasteiger partial charge is 0.122 e. The van der Waals surface area contributed by atoms with Gasteiger partial charge in [0.05, 0.1) is 19.3 Å². The van der Waals surface area contributed by atoms with Crippen molar-refractivity contribution in [2.45, 2.75) is 44.4 Å². The fourth-order valence-corrected chi connectivity index (χ4v) is 4.16. The highest BCUT2D eigenvalue weighted by molar-refractivity contribution is 5.43. The first-order chi connectivity index (χ1) is 11.1. The molecule has 0 aromatic heterocycles. The monoisotopic (exact) mass is 318 g/mol. The average Bonchev–Trinajstić information content (AvgIpc) is 2.52. The van der Waals surface area contributed by atoms with Crippen LogP contribution in [-0.4, -0.2) is 68.9 Å². The lowest BCUT2D eigenvalue weighted by atomic mass is 9.83. The quantitative estimate of drug-likeness (QED) is 0.831. The molecule has 0 radical (unpaired) electrons. The molecule has 1 heterocycles. The van der Waals surface area contributed by atoms with Crippen molar-refractivity contribution in [3.8, 4) is 5.75 Å². The average molecular weight is 318 g/mol. The third-order valence-electron chi connectivity index (χ3n) is 5.07. The summed E-state index contributed by atoms with van der Waals surface area (Å²) < 4.78 is 12.1. The van der Waals surface area contributed by atoms with Crippen LogP contribution in [0.1, 0.15) is 24.5 Å². The first kappa shape index (κ1) is 16.7. The van der Waals surface area contributed by atoms with Crippen molar-refractivity contribution in [3.63, 3.8) is 0 Å². The Morgan fingerprint density at radius 1 is 1.30 bits per heavy atom. The lowest BCUT2D eigenvalue weighted by molar-refractivity contribution is -0.127. The van der Waals surface area contributed by atoms with Gasteiger partial charge < -0.3 is 14.4 Å². The summed E-state index contributed by atoms with van der Waals surface area (Å²) in [7, 11) is 6.01. The van der Waals surface area contributed by atoms with Crippen LogP contribution in [0, 0.1) is 0 Å². The molecule has 3 rings (SSSR count). The number of methoxy groups -OCH3 is 1. The van der Waals surface area contributed by atoms with Crippen LogP contribution in [0.15, 0.2) is 18.2 Å². The molecule has 128 valence electrons. The fourth-order valence-electron chi connectivity index (χ4n) is 4.16. The molecule has 1 fully saturated rings. The number of nitrogens with zero attached hydrogens (tertiary/aromatic N) is 2. The number of morpholine rings is 1. The Kier molecular flexibility index (Phi) is 5.24. The van der Waals surface area contributed by atoms with Gasteiger partial charge in [-0.2, -0.15) is 0 Å². The predicted molar refractivity (Wildman–Crippen MR) is 93.3 cm³/mol. The molecule has 23 heavy (non-hydrogen) atoms. The zero-order chi connectivity index (χ0) is 16.4. The van der Waals surface area contributed by atoms with Crippen LogP contribution in [-0.2, 0) is 17.6 Å². The van der Waals surface area contributed by atoms with Crippen LogP contribution in [0.5, 0.6) is 5.75 Å². The molecule has 0 N–H and O–H groups in total. The molecule has 1 aliphatic carbocycles. The third kappa shape index (κ3) is 3.54. The minimum absolute atomic E-state index is 0.282. The molecule has 1 aliphatic heterocycles. The van der Waals surface area contributed by atoms with Crippen molar-refractivity contribution in [1.29, 1.82) is 0 Å². The normalized spacial score (nSPS) is 27.6. The van der Waals surface area contributed by atoms with Crippen molar-refractivity contribution in [3.05, 3.63) is 29.3 Å². The van der Waals surface area contributed by atoms with Crippen LogP contribution >= 0.6 is 0 Å². The van der Waals surface area contributed by atoms with E-state index < -0.39 is 0 Å². The number of ether oxygens (including phenoxy) is 2. The number of hydrogen-bond acceptors (Lipinski definition) is 4. The largest absolute Gasteiger partial charge is 0.496 e. The molecule has 1 aromatic carbocycles. The van der Waals surface area contributed by atoms with E-state index in [-0.39, 0.29) is 6.10 Å². The van der Waals surface area contributed by atoms with E-state index in [1.807, 2.05) is 0 Å². The van der Waals surface area contributed by atoms with E-state index in [0.717, 1.165) is 38.2 Å². The molecule has 0 bridgehead atoms. The SMILES string of the molecule is CCCN1C[C@H](CN(C)C)O[C@@H]2Cc3c(cccc3OC)C[C@H]21. The standard InChI is InChI=1S/C19H30N2O2/c1-5-9-21-13-15(12-20(2)3)23-19-11-16-14(10-17(19)21)7-6-8-18(16)22-4/h6-8,15,17,19H,5,9-13H2,1-4H3/t15-,17+,19+/m0/s1. The topological polar surface area (TPSA) is 24.9 Å². The zero-order valence-electron chi connectivity index (χ0n) is 14.9. The molecular weight excluding hydrogens is 288 g/mol. The lowest BCUT2D eigenvalue weighted by Gasteiger charge is -2.48. The number of benzene rings is 1. The molecule has 0 saturated carbocycles. The van der Waals surface area contributed by atoms with E-state index >= 15 is 0 Å². The summed E-state index contributed by atoms with van der Waals surface area (Å²) in [6.07, 6.45) is 3.82.